The van der Waals surface area contributed by atoms with Gasteiger partial charge in [0.25, 0.3) is 0 Å². The number of aryl methyl sites for hydroxylation is 2. The van der Waals surface area contributed by atoms with Crippen LogP contribution in [0.1, 0.15) is 49.7 Å². The van der Waals surface area contributed by atoms with Crippen LogP contribution in [0.4, 0.5) is 0 Å². The summed E-state index contributed by atoms with van der Waals surface area (Å²) in [5.41, 5.74) is 1.90. The Hall–Kier alpha value is -1.93. The second-order valence-electron chi connectivity index (χ2n) is 7.07. The molecule has 150 valence electrons. The van der Waals surface area contributed by atoms with E-state index < -0.39 is 10.0 Å². The lowest BCUT2D eigenvalue weighted by atomic mass is 9.95. The molecule has 0 bridgehead atoms. The van der Waals surface area contributed by atoms with Crippen LogP contribution < -0.4 is 15.4 Å². The van der Waals surface area contributed by atoms with Gasteiger partial charge in [0.1, 0.15) is 0 Å². The maximum Gasteiger partial charge on any atom is 0.240 e. The van der Waals surface area contributed by atoms with Gasteiger partial charge in [-0.1, -0.05) is 25.3 Å². The molecule has 7 nitrogen and oxygen atoms in total. The Bertz CT molecular complexity index is 771. The molecule has 0 aliphatic heterocycles. The summed E-state index contributed by atoms with van der Waals surface area (Å²) < 4.78 is 26.9. The van der Waals surface area contributed by atoms with Crippen molar-refractivity contribution in [2.24, 2.45) is 0 Å². The van der Waals surface area contributed by atoms with Crippen LogP contribution in [0, 0.1) is 13.8 Å². The van der Waals surface area contributed by atoms with Crippen LogP contribution in [0.5, 0.6) is 0 Å². The molecular weight excluding hydrogens is 366 g/mol. The zero-order chi connectivity index (χ0) is 19.9. The normalized spacial score (nSPS) is 15.3. The van der Waals surface area contributed by atoms with E-state index in [1.807, 2.05) is 13.8 Å². The molecule has 1 aromatic rings. The highest BCUT2D eigenvalue weighted by Gasteiger charge is 2.17. The maximum absolute atomic E-state index is 12.3. The van der Waals surface area contributed by atoms with Crippen LogP contribution in [0.2, 0.25) is 0 Å². The van der Waals surface area contributed by atoms with Gasteiger partial charge < -0.3 is 10.6 Å². The molecule has 2 amide bonds. The molecule has 1 aromatic carbocycles. The summed E-state index contributed by atoms with van der Waals surface area (Å²) in [7, 11) is -3.65. The number of nitrogens with one attached hydrogen (secondary N) is 3. The molecule has 8 heteroatoms. The standard InChI is InChI=1S/C19H29N3O4S/c1-14-8-9-17(12-15(14)2)27(25,26)21-11-10-18(23)20-13-19(24)22-16-6-4-3-5-7-16/h8-9,12,16,21H,3-7,10-11,13H2,1-2H3,(H,20,23)(H,22,24). The zero-order valence-corrected chi connectivity index (χ0v) is 16.8. The summed E-state index contributed by atoms with van der Waals surface area (Å²) in [5.74, 6) is -0.567. The molecule has 27 heavy (non-hydrogen) atoms. The highest BCUT2D eigenvalue weighted by Crippen LogP contribution is 2.17. The Balaban J connectivity index is 1.70. The van der Waals surface area contributed by atoms with Crippen molar-refractivity contribution >= 4 is 21.8 Å². The van der Waals surface area contributed by atoms with Gasteiger partial charge in [-0.05, 0) is 49.9 Å². The van der Waals surface area contributed by atoms with Crippen LogP contribution in [0.3, 0.4) is 0 Å². The number of rotatable bonds is 8. The average molecular weight is 396 g/mol. The predicted octanol–water partition coefficient (Wildman–Crippen LogP) is 1.54. The second kappa shape index (κ2) is 9.85. The van der Waals surface area contributed by atoms with E-state index in [0.717, 1.165) is 36.8 Å². The summed E-state index contributed by atoms with van der Waals surface area (Å²) >= 11 is 0. The van der Waals surface area contributed by atoms with E-state index in [4.69, 9.17) is 0 Å². The first-order valence-corrected chi connectivity index (χ1v) is 10.9. The first kappa shape index (κ1) is 21.4. The van der Waals surface area contributed by atoms with Crippen LogP contribution in [-0.4, -0.2) is 39.4 Å². The van der Waals surface area contributed by atoms with E-state index in [0.29, 0.717) is 0 Å². The zero-order valence-electron chi connectivity index (χ0n) is 16.0. The van der Waals surface area contributed by atoms with Crippen molar-refractivity contribution in [2.75, 3.05) is 13.1 Å². The summed E-state index contributed by atoms with van der Waals surface area (Å²) in [6.45, 7) is 3.65. The molecule has 2 rings (SSSR count). The first-order chi connectivity index (χ1) is 12.8. The Morgan fingerprint density at radius 3 is 2.41 bits per heavy atom. The topological polar surface area (TPSA) is 104 Å². The molecule has 0 saturated heterocycles. The van der Waals surface area contributed by atoms with Crippen molar-refractivity contribution in [3.63, 3.8) is 0 Å². The molecular formula is C19H29N3O4S. The van der Waals surface area contributed by atoms with Crippen molar-refractivity contribution < 1.29 is 18.0 Å². The molecule has 0 aromatic heterocycles. The van der Waals surface area contributed by atoms with Gasteiger partial charge in [-0.15, -0.1) is 0 Å². The number of hydrogen-bond acceptors (Lipinski definition) is 4. The van der Waals surface area contributed by atoms with Crippen molar-refractivity contribution in [1.82, 2.24) is 15.4 Å². The second-order valence-corrected chi connectivity index (χ2v) is 8.84. The van der Waals surface area contributed by atoms with Gasteiger partial charge in [0.2, 0.25) is 21.8 Å². The largest absolute Gasteiger partial charge is 0.352 e. The van der Waals surface area contributed by atoms with Gasteiger partial charge >= 0.3 is 0 Å². The number of amides is 2. The lowest BCUT2D eigenvalue weighted by Crippen LogP contribution is -2.43. The number of sulfonamides is 1. The van der Waals surface area contributed by atoms with Crippen LogP contribution >= 0.6 is 0 Å². The smallest absolute Gasteiger partial charge is 0.240 e. The SMILES string of the molecule is Cc1ccc(S(=O)(=O)NCCC(=O)NCC(=O)NC2CCCCC2)cc1C. The first-order valence-electron chi connectivity index (χ1n) is 9.41. The third-order valence-corrected chi connectivity index (χ3v) is 6.31. The fraction of sp³-hybridized carbons (Fsp3) is 0.579. The van der Waals surface area contributed by atoms with Crippen molar-refractivity contribution in [2.45, 2.75) is 63.3 Å². The Labute approximate surface area is 161 Å². The highest BCUT2D eigenvalue weighted by atomic mass is 32.2. The average Bonchev–Trinajstić information content (AvgIpc) is 2.63. The summed E-state index contributed by atoms with van der Waals surface area (Å²) in [6.07, 6.45) is 5.40. The Morgan fingerprint density at radius 2 is 1.74 bits per heavy atom. The minimum atomic E-state index is -3.65. The highest BCUT2D eigenvalue weighted by molar-refractivity contribution is 7.89. The van der Waals surface area contributed by atoms with E-state index in [9.17, 15) is 18.0 Å². The predicted molar refractivity (Wildman–Crippen MR) is 104 cm³/mol. The van der Waals surface area contributed by atoms with E-state index in [2.05, 4.69) is 15.4 Å². The molecule has 1 fully saturated rings. The summed E-state index contributed by atoms with van der Waals surface area (Å²) in [6, 6.07) is 5.10. The van der Waals surface area contributed by atoms with Gasteiger partial charge in [-0.2, -0.15) is 0 Å². The molecule has 1 aliphatic rings. The molecule has 0 spiro atoms. The fourth-order valence-electron chi connectivity index (χ4n) is 3.06. The minimum absolute atomic E-state index is 0.0225. The van der Waals surface area contributed by atoms with Crippen LogP contribution in [-0.2, 0) is 19.6 Å². The summed E-state index contributed by atoms with van der Waals surface area (Å²) in [4.78, 5) is 23.9. The van der Waals surface area contributed by atoms with Gasteiger partial charge in [0.15, 0.2) is 0 Å². The van der Waals surface area contributed by atoms with Crippen LogP contribution in [0.15, 0.2) is 23.1 Å². The van der Waals surface area contributed by atoms with Crippen molar-refractivity contribution in [3.8, 4) is 0 Å². The van der Waals surface area contributed by atoms with Crippen molar-refractivity contribution in [1.29, 1.82) is 0 Å². The monoisotopic (exact) mass is 395 g/mol. The molecule has 3 N–H and O–H groups in total. The van der Waals surface area contributed by atoms with E-state index in [1.165, 1.54) is 6.42 Å². The van der Waals surface area contributed by atoms with Gasteiger partial charge in [-0.25, -0.2) is 13.1 Å². The third kappa shape index (κ3) is 6.95. The summed E-state index contributed by atoms with van der Waals surface area (Å²) in [5, 5.41) is 5.45. The third-order valence-electron chi connectivity index (χ3n) is 4.85. The maximum atomic E-state index is 12.3. The van der Waals surface area contributed by atoms with E-state index in [-0.39, 0.29) is 42.3 Å². The number of benzene rings is 1. The quantitative estimate of drug-likeness (QED) is 0.621. The molecule has 1 aliphatic carbocycles. The Kier molecular flexibility index (Phi) is 7.79. The minimum Gasteiger partial charge on any atom is -0.352 e. The lowest BCUT2D eigenvalue weighted by molar-refractivity contribution is -0.126. The number of carbonyl (C=O) groups excluding carboxylic acids is 2. The van der Waals surface area contributed by atoms with Gasteiger partial charge in [0, 0.05) is 19.0 Å². The van der Waals surface area contributed by atoms with Gasteiger partial charge in [-0.3, -0.25) is 9.59 Å². The van der Waals surface area contributed by atoms with Gasteiger partial charge in [0.05, 0.1) is 11.4 Å². The fourth-order valence-corrected chi connectivity index (χ4v) is 4.17. The van der Waals surface area contributed by atoms with Crippen molar-refractivity contribution in [3.05, 3.63) is 29.3 Å². The van der Waals surface area contributed by atoms with E-state index in [1.54, 1.807) is 18.2 Å². The van der Waals surface area contributed by atoms with E-state index >= 15 is 0 Å². The number of hydrogen-bond donors (Lipinski definition) is 3. The molecule has 0 heterocycles. The molecule has 1 saturated carbocycles. The number of carbonyl (C=O) groups is 2. The molecule has 0 radical (unpaired) electrons. The lowest BCUT2D eigenvalue weighted by Gasteiger charge is -2.22. The Morgan fingerprint density at radius 1 is 1.04 bits per heavy atom. The molecule has 0 unspecified atom stereocenters. The molecule has 0 atom stereocenters. The van der Waals surface area contributed by atoms with Crippen LogP contribution in [0.25, 0.3) is 0 Å².